The second-order valence-corrected chi connectivity index (χ2v) is 14.2. The largest absolute Gasteiger partial charge is 0.383 e. The summed E-state index contributed by atoms with van der Waals surface area (Å²) in [5, 5.41) is 18.9. The lowest BCUT2D eigenvalue weighted by Crippen LogP contribution is -2.44. The monoisotopic (exact) mass is 790 g/mol. The second-order valence-electron chi connectivity index (χ2n) is 14.2. The van der Waals surface area contributed by atoms with E-state index in [1.54, 1.807) is 44.5 Å². The Morgan fingerprint density at radius 2 is 1.53 bits per heavy atom. The average molecular weight is 791 g/mol. The number of primary amides is 2. The van der Waals surface area contributed by atoms with Gasteiger partial charge in [0.05, 0.1) is 28.0 Å². The minimum Gasteiger partial charge on any atom is -0.383 e. The van der Waals surface area contributed by atoms with Crippen LogP contribution >= 0.6 is 0 Å². The zero-order valence-corrected chi connectivity index (χ0v) is 32.6. The second kappa shape index (κ2) is 15.2. The van der Waals surface area contributed by atoms with Gasteiger partial charge in [-0.1, -0.05) is 12.2 Å². The number of pyridine rings is 1. The van der Waals surface area contributed by atoms with Crippen LogP contribution in [0.15, 0.2) is 36.5 Å². The number of imidazole rings is 2. The van der Waals surface area contributed by atoms with Gasteiger partial charge in [0, 0.05) is 63.2 Å². The molecule has 5 aromatic heterocycles. The first-order valence-electron chi connectivity index (χ1n) is 19.1. The zero-order valence-electron chi connectivity index (χ0n) is 32.6. The highest BCUT2D eigenvalue weighted by Gasteiger charge is 2.37. The van der Waals surface area contributed by atoms with Crippen molar-refractivity contribution in [3.05, 3.63) is 70.7 Å². The van der Waals surface area contributed by atoms with Crippen LogP contribution in [0.5, 0.6) is 0 Å². The fourth-order valence-electron chi connectivity index (χ4n) is 7.65. The van der Waals surface area contributed by atoms with E-state index in [1.165, 1.54) is 12.3 Å². The predicted molar refractivity (Wildman–Crippen MR) is 212 cm³/mol. The maximum Gasteiger partial charge on any atom is 0.331 e. The number of aryl methyl sites for hydroxylation is 4. The highest BCUT2D eigenvalue weighted by molar-refractivity contribution is 6.07. The van der Waals surface area contributed by atoms with Crippen molar-refractivity contribution in [2.24, 2.45) is 17.4 Å². The normalized spacial score (nSPS) is 15.7. The number of nitrogens with one attached hydrogen (secondary N) is 3. The van der Waals surface area contributed by atoms with E-state index in [9.17, 15) is 19.2 Å². The van der Waals surface area contributed by atoms with Gasteiger partial charge in [-0.25, -0.2) is 15.0 Å². The van der Waals surface area contributed by atoms with Crippen molar-refractivity contribution in [3.63, 3.8) is 0 Å². The van der Waals surface area contributed by atoms with Gasteiger partial charge in [0.25, 0.3) is 11.7 Å². The number of hydrogen-bond acceptors (Lipinski definition) is 11. The third-order valence-corrected chi connectivity index (χ3v) is 10.5. The Kier molecular flexibility index (Phi) is 9.93. The van der Waals surface area contributed by atoms with Gasteiger partial charge in [-0.3, -0.25) is 39.1 Å². The minimum atomic E-state index is -0.668. The molecule has 4 amide bonds. The summed E-state index contributed by atoms with van der Waals surface area (Å²) >= 11 is 0. The third kappa shape index (κ3) is 6.69. The fraction of sp³-hybridized carbons (Fsp3) is 0.368. The lowest BCUT2D eigenvalue weighted by atomic mass is 10.0. The van der Waals surface area contributed by atoms with Gasteiger partial charge in [0.15, 0.2) is 17.0 Å². The molecule has 58 heavy (non-hydrogen) atoms. The van der Waals surface area contributed by atoms with Crippen molar-refractivity contribution in [3.8, 4) is 5.69 Å². The number of rotatable bonds is 7. The first-order valence-corrected chi connectivity index (χ1v) is 19.1. The molecule has 0 saturated carbocycles. The third-order valence-electron chi connectivity index (χ3n) is 10.5. The number of carbonyl (C=O) groups excluding carboxylic acids is 4. The summed E-state index contributed by atoms with van der Waals surface area (Å²) in [4.78, 5) is 67.9. The van der Waals surface area contributed by atoms with Crippen LogP contribution in [-0.4, -0.2) is 87.0 Å². The molecule has 2 aliphatic heterocycles. The summed E-state index contributed by atoms with van der Waals surface area (Å²) in [6.45, 7) is 10.3. The molecule has 0 bridgehead atoms. The number of allylic oxidation sites excluding steroid dienone is 2. The highest BCUT2D eigenvalue weighted by Crippen LogP contribution is 2.31. The molecule has 1 saturated heterocycles. The zero-order chi connectivity index (χ0) is 40.8. The lowest BCUT2D eigenvalue weighted by molar-refractivity contribution is -0.606. The number of ether oxygens (including phenoxy) is 1. The van der Waals surface area contributed by atoms with Crippen LogP contribution in [0.4, 0.5) is 17.6 Å². The lowest BCUT2D eigenvalue weighted by Gasteiger charge is -2.23. The van der Waals surface area contributed by atoms with Crippen LogP contribution in [0.3, 0.4) is 0 Å². The number of amides is 4. The molecule has 1 aromatic carbocycles. The van der Waals surface area contributed by atoms with Crippen molar-refractivity contribution in [2.75, 3.05) is 35.7 Å². The van der Waals surface area contributed by atoms with E-state index in [2.05, 4.69) is 31.0 Å². The van der Waals surface area contributed by atoms with E-state index in [1.807, 2.05) is 30.6 Å². The number of hydrogen-bond donors (Lipinski definition) is 5. The average Bonchev–Trinajstić information content (AvgIpc) is 3.94. The minimum absolute atomic E-state index is 0.117. The summed E-state index contributed by atoms with van der Waals surface area (Å²) < 4.78 is 13.9. The predicted octanol–water partition coefficient (Wildman–Crippen LogP) is 2.22. The summed E-state index contributed by atoms with van der Waals surface area (Å²) in [5.74, 6) is -1.12. The van der Waals surface area contributed by atoms with E-state index in [4.69, 9.17) is 26.3 Å². The van der Waals surface area contributed by atoms with E-state index >= 15 is 0 Å². The molecule has 20 heteroatoms. The molecule has 300 valence electrons. The number of aromatic nitrogens is 10. The van der Waals surface area contributed by atoms with Gasteiger partial charge in [0.1, 0.15) is 12.1 Å². The van der Waals surface area contributed by atoms with Crippen molar-refractivity contribution >= 4 is 63.4 Å². The van der Waals surface area contributed by atoms with Gasteiger partial charge in [0.2, 0.25) is 23.7 Å². The number of fused-ring (bicyclic) bond motifs is 9. The summed E-state index contributed by atoms with van der Waals surface area (Å²) in [6, 6.07) is 4.84. The quantitative estimate of drug-likeness (QED) is 0.116. The first-order chi connectivity index (χ1) is 28.0. The summed E-state index contributed by atoms with van der Waals surface area (Å²) in [6.07, 6.45) is 6.90. The molecule has 0 aliphatic carbocycles. The maximum atomic E-state index is 14.7. The molecular weight excluding hydrogens is 747 g/mol. The van der Waals surface area contributed by atoms with E-state index in [-0.39, 0.29) is 47.6 Å². The number of nitrogens with two attached hydrogens (primary N) is 2. The molecule has 1 fully saturated rings. The van der Waals surface area contributed by atoms with Crippen molar-refractivity contribution in [1.82, 2.24) is 43.6 Å². The summed E-state index contributed by atoms with van der Waals surface area (Å²) in [7, 11) is 0. The topological polar surface area (TPSA) is 254 Å². The Bertz CT molecular complexity index is 2680. The van der Waals surface area contributed by atoms with E-state index in [0.717, 1.165) is 12.8 Å². The van der Waals surface area contributed by atoms with Crippen LogP contribution in [-0.2, 0) is 30.9 Å². The first kappa shape index (κ1) is 37.9. The van der Waals surface area contributed by atoms with Gasteiger partial charge in [-0.15, -0.1) is 4.68 Å². The Morgan fingerprint density at radius 3 is 2.24 bits per heavy atom. The molecule has 20 nitrogen and oxygen atoms in total. The van der Waals surface area contributed by atoms with Crippen LogP contribution in [0.25, 0.3) is 27.9 Å². The molecule has 8 rings (SSSR count). The number of nitrogens with zero attached hydrogens (tertiary/aromatic N) is 10. The molecule has 6 aromatic rings. The molecule has 2 aliphatic rings. The molecular formula is C38H44N15O5+. The molecule has 0 atom stereocenters. The van der Waals surface area contributed by atoms with Gasteiger partial charge < -0.3 is 26.1 Å². The Balaban J connectivity index is 1.34. The van der Waals surface area contributed by atoms with Gasteiger partial charge >= 0.3 is 11.7 Å². The summed E-state index contributed by atoms with van der Waals surface area (Å²) in [5.41, 5.74) is 15.3. The smallest absolute Gasteiger partial charge is 0.331 e. The Labute approximate surface area is 331 Å². The number of carbonyl (C=O) groups is 4. The molecule has 0 unspecified atom stereocenters. The van der Waals surface area contributed by atoms with Crippen molar-refractivity contribution in [2.45, 2.75) is 66.7 Å². The molecule has 7 heterocycles. The maximum absolute atomic E-state index is 14.7. The Hall–Kier alpha value is -6.96. The van der Waals surface area contributed by atoms with Crippen LogP contribution < -0.4 is 32.0 Å². The number of benzene rings is 1. The molecule has 0 spiro atoms. The van der Waals surface area contributed by atoms with Gasteiger partial charge in [-0.2, -0.15) is 9.67 Å². The van der Waals surface area contributed by atoms with Crippen molar-refractivity contribution < 1.29 is 28.5 Å². The highest BCUT2D eigenvalue weighted by atomic mass is 16.5. The van der Waals surface area contributed by atoms with E-state index in [0.29, 0.717) is 83.9 Å². The standard InChI is InChI=1S/C38H43N15O5/c1-5-51-30-28(20(3)47-51)53-21(4)48-52(6-2)36(53)35(57)46-38-44-27-17-24(32(40)55)19-42-33(27)50(38)12-8-7-11-49-29-25(41-18-22-9-13-58-14-10-22)15-23(31(39)54)16-26(29)43-37(49)45-34(30)56/h7-8,15-17,19,22,41H,5-6,9-14,18H2,1-4H3,(H5-,39,40,43,44,45,46,54,55,56,57)/p+1/b8-7+. The fourth-order valence-corrected chi connectivity index (χ4v) is 7.65. The van der Waals surface area contributed by atoms with Crippen LogP contribution in [0.1, 0.15) is 80.0 Å². The SMILES string of the molecule is CCn1nc(C)c2c1C(=O)Nc1nc3cc(C(N)=O)cc(NCC4CCOCC4)c3n1C/C=C/Cn1c(nc3cc(C(N)=O)cnc31)NC(=O)c1n(CC)nc(C)[n+]1-2. The molecule has 7 N–H and O–H groups in total. The van der Waals surface area contributed by atoms with Crippen LogP contribution in [0, 0.1) is 19.8 Å². The molecule has 0 radical (unpaired) electrons. The Morgan fingerprint density at radius 1 is 0.879 bits per heavy atom. The van der Waals surface area contributed by atoms with E-state index < -0.39 is 23.6 Å². The van der Waals surface area contributed by atoms with Crippen molar-refractivity contribution in [1.29, 1.82) is 0 Å². The van der Waals surface area contributed by atoms with Gasteiger partial charge in [-0.05, 0) is 57.7 Å². The number of anilines is 3. The van der Waals surface area contributed by atoms with Crippen LogP contribution in [0.2, 0.25) is 0 Å².